The van der Waals surface area contributed by atoms with E-state index in [1.54, 1.807) is 12.1 Å². The molecule has 0 aliphatic heterocycles. The zero-order chi connectivity index (χ0) is 15.7. The fourth-order valence-corrected chi connectivity index (χ4v) is 3.41. The maximum Gasteiger partial charge on any atom is 0.422 e. The summed E-state index contributed by atoms with van der Waals surface area (Å²) in [7, 11) is 0. The maximum atomic E-state index is 12.1. The Kier molecular flexibility index (Phi) is 4.51. The highest BCUT2D eigenvalue weighted by molar-refractivity contribution is 5.33. The molecule has 0 spiro atoms. The molecule has 1 N–H and O–H groups in total. The van der Waals surface area contributed by atoms with E-state index in [4.69, 9.17) is 4.74 Å². The van der Waals surface area contributed by atoms with E-state index >= 15 is 0 Å². The van der Waals surface area contributed by atoms with Crippen molar-refractivity contribution in [3.8, 4) is 5.75 Å². The van der Waals surface area contributed by atoms with Crippen molar-refractivity contribution in [2.45, 2.75) is 51.3 Å². The minimum atomic E-state index is -4.32. The monoisotopic (exact) mass is 302 g/mol. The summed E-state index contributed by atoms with van der Waals surface area (Å²) < 4.78 is 41.0. The van der Waals surface area contributed by atoms with Gasteiger partial charge in [0, 0.05) is 5.41 Å². The van der Waals surface area contributed by atoms with Gasteiger partial charge in [-0.1, -0.05) is 26.0 Å². The third-order valence-electron chi connectivity index (χ3n) is 4.82. The molecule has 2 rings (SSSR count). The van der Waals surface area contributed by atoms with Crippen molar-refractivity contribution in [2.75, 3.05) is 6.61 Å². The number of alkyl halides is 3. The van der Waals surface area contributed by atoms with Crippen molar-refractivity contribution in [1.82, 2.24) is 0 Å². The molecule has 5 heteroatoms. The number of hydrogen-bond acceptors (Lipinski definition) is 2. The minimum Gasteiger partial charge on any atom is -0.484 e. The van der Waals surface area contributed by atoms with Gasteiger partial charge >= 0.3 is 6.18 Å². The zero-order valence-corrected chi connectivity index (χ0v) is 12.3. The number of halogens is 3. The van der Waals surface area contributed by atoms with Crippen molar-refractivity contribution in [3.05, 3.63) is 29.8 Å². The summed E-state index contributed by atoms with van der Waals surface area (Å²) in [6.45, 7) is 2.86. The first-order valence-electron chi connectivity index (χ1n) is 7.30. The summed E-state index contributed by atoms with van der Waals surface area (Å²) in [5.74, 6) is 0.480. The normalized spacial score (nSPS) is 24.5. The van der Waals surface area contributed by atoms with Crippen molar-refractivity contribution < 1.29 is 23.0 Å². The molecule has 2 nitrogen and oxygen atoms in total. The van der Waals surface area contributed by atoms with Crippen LogP contribution in [0.2, 0.25) is 0 Å². The van der Waals surface area contributed by atoms with Gasteiger partial charge in [-0.05, 0) is 42.9 Å². The van der Waals surface area contributed by atoms with Gasteiger partial charge in [0.15, 0.2) is 6.61 Å². The minimum absolute atomic E-state index is 0.103. The molecule has 0 bridgehead atoms. The van der Waals surface area contributed by atoms with Crippen LogP contribution in [0.25, 0.3) is 0 Å². The van der Waals surface area contributed by atoms with Crippen LogP contribution in [0, 0.1) is 5.41 Å². The smallest absolute Gasteiger partial charge is 0.422 e. The van der Waals surface area contributed by atoms with E-state index in [0.29, 0.717) is 6.42 Å². The van der Waals surface area contributed by atoms with Crippen LogP contribution >= 0.6 is 0 Å². The van der Waals surface area contributed by atoms with E-state index < -0.39 is 12.8 Å². The van der Waals surface area contributed by atoms with Crippen LogP contribution in [0.15, 0.2) is 24.3 Å². The molecule has 2 atom stereocenters. The van der Waals surface area contributed by atoms with Crippen molar-refractivity contribution >= 4 is 0 Å². The Balaban J connectivity index is 2.06. The molecule has 21 heavy (non-hydrogen) atoms. The Labute approximate surface area is 122 Å². The van der Waals surface area contributed by atoms with Crippen molar-refractivity contribution in [3.63, 3.8) is 0 Å². The number of aliphatic hydroxyl groups is 1. The molecule has 1 aliphatic carbocycles. The standard InChI is InChI=1S/C16H21F3O2/c1-3-15(4-2)13(9-14(15)20)11-5-7-12(8-6-11)21-10-16(17,18)19/h5-8,13-14,20H,3-4,9-10H2,1-2H3. The lowest BCUT2D eigenvalue weighted by Gasteiger charge is -2.53. The van der Waals surface area contributed by atoms with Gasteiger partial charge in [-0.15, -0.1) is 0 Å². The summed E-state index contributed by atoms with van der Waals surface area (Å²) >= 11 is 0. The Morgan fingerprint density at radius 2 is 1.76 bits per heavy atom. The highest BCUT2D eigenvalue weighted by atomic mass is 19.4. The molecule has 0 saturated heterocycles. The second-order valence-electron chi connectivity index (χ2n) is 5.72. The number of ether oxygens (including phenoxy) is 1. The van der Waals surface area contributed by atoms with E-state index in [2.05, 4.69) is 13.8 Å². The van der Waals surface area contributed by atoms with E-state index in [1.165, 1.54) is 0 Å². The van der Waals surface area contributed by atoms with Crippen LogP contribution in [0.3, 0.4) is 0 Å². The number of benzene rings is 1. The second kappa shape index (κ2) is 5.87. The second-order valence-corrected chi connectivity index (χ2v) is 5.72. The van der Waals surface area contributed by atoms with Gasteiger partial charge in [0.25, 0.3) is 0 Å². The van der Waals surface area contributed by atoms with Crippen molar-refractivity contribution in [1.29, 1.82) is 0 Å². The molecule has 1 saturated carbocycles. The SMILES string of the molecule is CCC1(CC)C(O)CC1c1ccc(OCC(F)(F)F)cc1. The highest BCUT2D eigenvalue weighted by Crippen LogP contribution is 2.57. The molecule has 1 aromatic rings. The quantitative estimate of drug-likeness (QED) is 0.879. The third kappa shape index (κ3) is 3.18. The summed E-state index contributed by atoms with van der Waals surface area (Å²) in [5, 5.41) is 10.1. The first-order chi connectivity index (χ1) is 9.82. The number of hydrogen-bond donors (Lipinski definition) is 1. The maximum absolute atomic E-state index is 12.1. The van der Waals surface area contributed by atoms with Gasteiger partial charge < -0.3 is 9.84 Å². The summed E-state index contributed by atoms with van der Waals surface area (Å²) in [6, 6.07) is 6.76. The van der Waals surface area contributed by atoms with Crippen LogP contribution in [0.5, 0.6) is 5.75 Å². The van der Waals surface area contributed by atoms with Crippen LogP contribution in [0.1, 0.15) is 44.6 Å². The van der Waals surface area contributed by atoms with E-state index in [0.717, 1.165) is 18.4 Å². The topological polar surface area (TPSA) is 29.5 Å². The lowest BCUT2D eigenvalue weighted by Crippen LogP contribution is -2.50. The van der Waals surface area contributed by atoms with Gasteiger partial charge in [0.05, 0.1) is 6.10 Å². The Morgan fingerprint density at radius 1 is 1.19 bits per heavy atom. The lowest BCUT2D eigenvalue weighted by molar-refractivity contribution is -0.153. The first-order valence-corrected chi connectivity index (χ1v) is 7.30. The van der Waals surface area contributed by atoms with Gasteiger partial charge in [-0.3, -0.25) is 0 Å². The van der Waals surface area contributed by atoms with Crippen LogP contribution in [-0.4, -0.2) is 24.0 Å². The van der Waals surface area contributed by atoms with Crippen LogP contribution in [0.4, 0.5) is 13.2 Å². The molecule has 1 aliphatic rings. The molecule has 1 fully saturated rings. The van der Waals surface area contributed by atoms with Crippen LogP contribution < -0.4 is 4.74 Å². The van der Waals surface area contributed by atoms with Gasteiger partial charge in [-0.2, -0.15) is 13.2 Å². The molecular weight excluding hydrogens is 281 g/mol. The first kappa shape index (κ1) is 16.1. The molecule has 118 valence electrons. The van der Waals surface area contributed by atoms with Gasteiger partial charge in [0.1, 0.15) is 5.75 Å². The Bertz CT molecular complexity index is 463. The fourth-order valence-electron chi connectivity index (χ4n) is 3.41. The molecule has 0 amide bonds. The fraction of sp³-hybridized carbons (Fsp3) is 0.625. The average molecular weight is 302 g/mol. The average Bonchev–Trinajstić information content (AvgIpc) is 2.44. The van der Waals surface area contributed by atoms with E-state index in [9.17, 15) is 18.3 Å². The lowest BCUT2D eigenvalue weighted by atomic mass is 9.53. The number of rotatable bonds is 5. The number of aliphatic hydroxyl groups excluding tert-OH is 1. The zero-order valence-electron chi connectivity index (χ0n) is 12.3. The third-order valence-corrected chi connectivity index (χ3v) is 4.82. The Hall–Kier alpha value is -1.23. The summed E-state index contributed by atoms with van der Waals surface area (Å²) in [6.07, 6.45) is -2.12. The van der Waals surface area contributed by atoms with Crippen molar-refractivity contribution in [2.24, 2.45) is 5.41 Å². The predicted octanol–water partition coefficient (Wildman–Crippen LogP) is 4.28. The molecular formula is C16H21F3O2. The predicted molar refractivity (Wildman–Crippen MR) is 74.4 cm³/mol. The van der Waals surface area contributed by atoms with Gasteiger partial charge in [-0.25, -0.2) is 0 Å². The molecule has 2 unspecified atom stereocenters. The molecule has 0 heterocycles. The van der Waals surface area contributed by atoms with E-state index in [-0.39, 0.29) is 23.2 Å². The highest BCUT2D eigenvalue weighted by Gasteiger charge is 2.52. The molecule has 0 aromatic heterocycles. The largest absolute Gasteiger partial charge is 0.484 e. The molecule has 0 radical (unpaired) electrons. The summed E-state index contributed by atoms with van der Waals surface area (Å²) in [5.41, 5.74) is 0.956. The summed E-state index contributed by atoms with van der Waals surface area (Å²) in [4.78, 5) is 0. The molecule has 1 aromatic carbocycles. The Morgan fingerprint density at radius 3 is 2.19 bits per heavy atom. The van der Waals surface area contributed by atoms with E-state index in [1.807, 2.05) is 12.1 Å². The van der Waals surface area contributed by atoms with Crippen LogP contribution in [-0.2, 0) is 0 Å². The van der Waals surface area contributed by atoms with Gasteiger partial charge in [0.2, 0.25) is 0 Å².